The van der Waals surface area contributed by atoms with Crippen LogP contribution in [0.25, 0.3) is 22.4 Å². The summed E-state index contributed by atoms with van der Waals surface area (Å²) in [7, 11) is 0. The van der Waals surface area contributed by atoms with Gasteiger partial charge in [0.25, 0.3) is 5.91 Å². The van der Waals surface area contributed by atoms with Crippen molar-refractivity contribution >= 4 is 50.7 Å². The topological polar surface area (TPSA) is 75.0 Å². The summed E-state index contributed by atoms with van der Waals surface area (Å²) < 4.78 is 6.00. The number of pyridine rings is 1. The monoisotopic (exact) mass is 420 g/mol. The largest absolute Gasteiger partial charge is 0.463 e. The number of nitrogens with one attached hydrogen (secondary N) is 1. The Labute approximate surface area is 174 Å². The molecule has 0 atom stereocenters. The molecule has 0 radical (unpaired) electrons. The number of furan rings is 1. The first-order valence-electron chi connectivity index (χ1n) is 8.73. The van der Waals surface area contributed by atoms with Crippen LogP contribution in [0, 0.1) is 0 Å². The Morgan fingerprint density at radius 2 is 1.97 bits per heavy atom. The predicted octanol–water partition coefficient (Wildman–Crippen LogP) is 5.91. The molecule has 0 aliphatic rings. The Balaban J connectivity index is 1.64. The number of hydrogen-bond acceptors (Lipinski definition) is 5. The molecule has 0 aliphatic carbocycles. The van der Waals surface area contributed by atoms with Crippen LogP contribution in [0.15, 0.2) is 77.7 Å². The minimum atomic E-state index is -0.234. The van der Waals surface area contributed by atoms with E-state index in [1.54, 1.807) is 42.9 Å². The van der Waals surface area contributed by atoms with Crippen LogP contribution in [0.1, 0.15) is 10.4 Å². The van der Waals surface area contributed by atoms with Gasteiger partial charge < -0.3 is 9.40 Å². The van der Waals surface area contributed by atoms with Crippen molar-refractivity contribution < 1.29 is 9.21 Å². The number of rotatable bonds is 4. The highest BCUT2D eigenvalue weighted by Crippen LogP contribution is 2.36. The number of thiophene rings is 1. The normalized spacial score (nSPS) is 11.1. The molecule has 5 aromatic rings. The highest BCUT2D eigenvalue weighted by atomic mass is 35.5. The second-order valence-electron chi connectivity index (χ2n) is 6.19. The number of amides is 1. The van der Waals surface area contributed by atoms with Gasteiger partial charge in [0.1, 0.15) is 10.7 Å². The van der Waals surface area contributed by atoms with Gasteiger partial charge in [-0.1, -0.05) is 29.8 Å². The standard InChI is InChI=1S/C21H13ClN4O2S/c22-18-7-8-19(29-18)26(21-24-12-16(25-21)17-6-3-11-28-17)20(27)14-9-10-23-15-5-2-1-4-13(14)15/h1-12H,(H,24,25). The van der Waals surface area contributed by atoms with Gasteiger partial charge in [0.2, 0.25) is 5.95 Å². The van der Waals surface area contributed by atoms with E-state index < -0.39 is 0 Å². The van der Waals surface area contributed by atoms with Crippen LogP contribution in [0.4, 0.5) is 10.9 Å². The number of anilines is 2. The zero-order chi connectivity index (χ0) is 19.8. The molecule has 8 heteroatoms. The second kappa shape index (κ2) is 7.20. The van der Waals surface area contributed by atoms with Crippen molar-refractivity contribution in [2.75, 3.05) is 4.90 Å². The molecule has 0 aliphatic heterocycles. The summed E-state index contributed by atoms with van der Waals surface area (Å²) in [6, 6.07) is 16.4. The van der Waals surface area contributed by atoms with E-state index in [0.29, 0.717) is 32.3 Å². The molecule has 0 spiro atoms. The second-order valence-corrected chi connectivity index (χ2v) is 7.89. The van der Waals surface area contributed by atoms with Gasteiger partial charge in [0, 0.05) is 11.6 Å². The molecule has 29 heavy (non-hydrogen) atoms. The number of aromatic nitrogens is 3. The van der Waals surface area contributed by atoms with E-state index in [1.807, 2.05) is 30.3 Å². The number of imidazole rings is 1. The molecular formula is C21H13ClN4O2S. The lowest BCUT2D eigenvalue weighted by Gasteiger charge is -2.19. The SMILES string of the molecule is O=C(c1ccnc2ccccc12)N(c1ncc(-c2ccco2)[nH]1)c1ccc(Cl)s1. The molecule has 1 amide bonds. The summed E-state index contributed by atoms with van der Waals surface area (Å²) in [5.41, 5.74) is 1.94. The van der Waals surface area contributed by atoms with Gasteiger partial charge in [-0.05, 0) is 36.4 Å². The van der Waals surface area contributed by atoms with Crippen molar-refractivity contribution in [1.29, 1.82) is 0 Å². The first-order chi connectivity index (χ1) is 14.2. The molecule has 0 unspecified atom stereocenters. The fourth-order valence-electron chi connectivity index (χ4n) is 3.11. The first-order valence-corrected chi connectivity index (χ1v) is 9.92. The minimum absolute atomic E-state index is 0.234. The van der Waals surface area contributed by atoms with E-state index in [0.717, 1.165) is 10.9 Å². The van der Waals surface area contributed by atoms with Crippen LogP contribution in [0.3, 0.4) is 0 Å². The number of nitrogens with zero attached hydrogens (tertiary/aromatic N) is 3. The Bertz CT molecular complexity index is 1300. The van der Waals surface area contributed by atoms with Gasteiger partial charge in [-0.15, -0.1) is 11.3 Å². The number of carbonyl (C=O) groups excluding carboxylic acids is 1. The van der Waals surface area contributed by atoms with Crippen LogP contribution in [-0.4, -0.2) is 20.9 Å². The number of carbonyl (C=O) groups is 1. The van der Waals surface area contributed by atoms with Gasteiger partial charge in [-0.3, -0.25) is 9.78 Å². The maximum absolute atomic E-state index is 13.6. The number of para-hydroxylation sites is 1. The van der Waals surface area contributed by atoms with E-state index in [9.17, 15) is 4.79 Å². The van der Waals surface area contributed by atoms with Crippen molar-refractivity contribution in [3.8, 4) is 11.5 Å². The van der Waals surface area contributed by atoms with Crippen molar-refractivity contribution in [2.24, 2.45) is 0 Å². The molecule has 0 fully saturated rings. The van der Waals surface area contributed by atoms with E-state index in [1.165, 1.54) is 16.2 Å². The number of fused-ring (bicyclic) bond motifs is 1. The molecule has 5 rings (SSSR count). The third kappa shape index (κ3) is 3.20. The van der Waals surface area contributed by atoms with E-state index in [-0.39, 0.29) is 5.91 Å². The van der Waals surface area contributed by atoms with E-state index >= 15 is 0 Å². The Morgan fingerprint density at radius 3 is 2.76 bits per heavy atom. The Morgan fingerprint density at radius 1 is 1.07 bits per heavy atom. The number of halogens is 1. The molecule has 0 saturated heterocycles. The molecule has 6 nitrogen and oxygen atoms in total. The van der Waals surface area contributed by atoms with Gasteiger partial charge in [0.15, 0.2) is 5.76 Å². The zero-order valence-corrected chi connectivity index (χ0v) is 16.4. The van der Waals surface area contributed by atoms with Crippen LogP contribution in [0.2, 0.25) is 4.34 Å². The number of H-pyrrole nitrogens is 1. The van der Waals surface area contributed by atoms with E-state index in [4.69, 9.17) is 16.0 Å². The van der Waals surface area contributed by atoms with Crippen LogP contribution >= 0.6 is 22.9 Å². The van der Waals surface area contributed by atoms with Crippen LogP contribution < -0.4 is 4.90 Å². The average molecular weight is 421 g/mol. The van der Waals surface area contributed by atoms with Gasteiger partial charge in [0.05, 0.1) is 27.9 Å². The molecule has 1 aromatic carbocycles. The van der Waals surface area contributed by atoms with Crippen LogP contribution in [-0.2, 0) is 0 Å². The molecule has 4 heterocycles. The van der Waals surface area contributed by atoms with Crippen molar-refractivity contribution in [2.45, 2.75) is 0 Å². The third-order valence-electron chi connectivity index (χ3n) is 4.42. The zero-order valence-electron chi connectivity index (χ0n) is 14.9. The van der Waals surface area contributed by atoms with Gasteiger partial charge in [-0.2, -0.15) is 0 Å². The number of hydrogen-bond donors (Lipinski definition) is 1. The summed E-state index contributed by atoms with van der Waals surface area (Å²) in [4.78, 5) is 27.1. The maximum atomic E-state index is 13.6. The van der Waals surface area contributed by atoms with Gasteiger partial charge in [-0.25, -0.2) is 9.88 Å². The first kappa shape index (κ1) is 17.7. The minimum Gasteiger partial charge on any atom is -0.463 e. The lowest BCUT2D eigenvalue weighted by atomic mass is 10.1. The van der Waals surface area contributed by atoms with Crippen molar-refractivity contribution in [3.63, 3.8) is 0 Å². The summed E-state index contributed by atoms with van der Waals surface area (Å²) in [5.74, 6) is 0.776. The smallest absolute Gasteiger partial charge is 0.266 e. The summed E-state index contributed by atoms with van der Waals surface area (Å²) in [5, 5.41) is 1.42. The maximum Gasteiger partial charge on any atom is 0.266 e. The van der Waals surface area contributed by atoms with Crippen LogP contribution in [0.5, 0.6) is 0 Å². The molecule has 1 N–H and O–H groups in total. The summed E-state index contributed by atoms with van der Waals surface area (Å²) >= 11 is 7.45. The predicted molar refractivity (Wildman–Crippen MR) is 114 cm³/mol. The molecular weight excluding hydrogens is 408 g/mol. The number of aromatic amines is 1. The lowest BCUT2D eigenvalue weighted by Crippen LogP contribution is -2.26. The fourth-order valence-corrected chi connectivity index (χ4v) is 4.14. The van der Waals surface area contributed by atoms with Crippen molar-refractivity contribution in [3.05, 3.63) is 83.2 Å². The molecule has 142 valence electrons. The lowest BCUT2D eigenvalue weighted by molar-refractivity contribution is 0.1000. The third-order valence-corrected chi connectivity index (χ3v) is 5.64. The van der Waals surface area contributed by atoms with E-state index in [2.05, 4.69) is 15.0 Å². The van der Waals surface area contributed by atoms with Gasteiger partial charge >= 0.3 is 0 Å². The fraction of sp³-hybridized carbons (Fsp3) is 0. The molecule has 4 aromatic heterocycles. The Kier molecular flexibility index (Phi) is 4.38. The highest BCUT2D eigenvalue weighted by Gasteiger charge is 2.26. The number of benzene rings is 1. The summed E-state index contributed by atoms with van der Waals surface area (Å²) in [6.45, 7) is 0. The molecule has 0 saturated carbocycles. The van der Waals surface area contributed by atoms with Crippen molar-refractivity contribution in [1.82, 2.24) is 15.0 Å². The quantitative estimate of drug-likeness (QED) is 0.392. The Hall–Kier alpha value is -3.42. The average Bonchev–Trinajstić information content (AvgIpc) is 3.50. The summed E-state index contributed by atoms with van der Waals surface area (Å²) in [6.07, 6.45) is 4.85. The molecule has 0 bridgehead atoms. The highest BCUT2D eigenvalue weighted by molar-refractivity contribution is 7.20.